The van der Waals surface area contributed by atoms with Gasteiger partial charge in [-0.25, -0.2) is 4.39 Å². The fourth-order valence-electron chi connectivity index (χ4n) is 0.803. The Kier molecular flexibility index (Phi) is 1.62. The largest absolute Gasteiger partial charge is 0.396 e. The molecule has 0 aliphatic rings. The molecule has 0 unspecified atom stereocenters. The highest BCUT2D eigenvalue weighted by Crippen LogP contribution is 2.16. The molecule has 1 rings (SSSR count). The number of anilines is 1. The summed E-state index contributed by atoms with van der Waals surface area (Å²) >= 11 is 0. The fraction of sp³-hybridized carbons (Fsp3) is 0.250. The Morgan fingerprint density at radius 1 is 1.30 bits per heavy atom. The number of nitrogens with two attached hydrogens (primary N) is 1. The molecule has 0 saturated carbocycles. The standard InChI is InChI=1S/C8H10FN/c1-5-3-4-7(10)8(9)6(5)2/h3-4H,10H2,1-2H3. The maximum absolute atomic E-state index is 12.9. The Bertz CT molecular complexity index is 229. The number of rotatable bonds is 0. The smallest absolute Gasteiger partial charge is 0.149 e. The lowest BCUT2D eigenvalue weighted by Crippen LogP contribution is -1.94. The number of aryl methyl sites for hydroxylation is 1. The molecule has 10 heavy (non-hydrogen) atoms. The second-order valence-corrected chi connectivity index (χ2v) is 2.41. The van der Waals surface area contributed by atoms with Gasteiger partial charge in [0.1, 0.15) is 5.82 Å². The third-order valence-electron chi connectivity index (χ3n) is 1.69. The lowest BCUT2D eigenvalue weighted by molar-refractivity contribution is 0.621. The topological polar surface area (TPSA) is 26.0 Å². The molecule has 0 heterocycles. The Balaban J connectivity index is 3.34. The SMILES string of the molecule is Cc1ccc(N)c(F)c1C. The fourth-order valence-corrected chi connectivity index (χ4v) is 0.803. The maximum Gasteiger partial charge on any atom is 0.149 e. The van der Waals surface area contributed by atoms with Crippen molar-refractivity contribution in [3.8, 4) is 0 Å². The molecule has 0 aromatic heterocycles. The van der Waals surface area contributed by atoms with Gasteiger partial charge in [0.2, 0.25) is 0 Å². The van der Waals surface area contributed by atoms with Crippen molar-refractivity contribution in [1.29, 1.82) is 0 Å². The van der Waals surface area contributed by atoms with Crippen molar-refractivity contribution in [2.45, 2.75) is 13.8 Å². The lowest BCUT2D eigenvalue weighted by atomic mass is 10.1. The van der Waals surface area contributed by atoms with Crippen LogP contribution in [0.2, 0.25) is 0 Å². The van der Waals surface area contributed by atoms with Crippen molar-refractivity contribution in [2.75, 3.05) is 5.73 Å². The molecule has 1 nitrogen and oxygen atoms in total. The van der Waals surface area contributed by atoms with Gasteiger partial charge in [-0.3, -0.25) is 0 Å². The van der Waals surface area contributed by atoms with Crippen LogP contribution in [-0.4, -0.2) is 0 Å². The first-order valence-corrected chi connectivity index (χ1v) is 3.14. The molecule has 0 aliphatic carbocycles. The molecule has 0 saturated heterocycles. The van der Waals surface area contributed by atoms with E-state index in [1.807, 2.05) is 13.0 Å². The van der Waals surface area contributed by atoms with Crippen LogP contribution in [0.25, 0.3) is 0 Å². The first-order chi connectivity index (χ1) is 4.63. The molecule has 0 radical (unpaired) electrons. The molecule has 0 amide bonds. The lowest BCUT2D eigenvalue weighted by Gasteiger charge is -2.02. The van der Waals surface area contributed by atoms with Crippen LogP contribution in [0.3, 0.4) is 0 Å². The van der Waals surface area contributed by atoms with Crippen LogP contribution < -0.4 is 5.73 Å². The van der Waals surface area contributed by atoms with Gasteiger partial charge in [-0.1, -0.05) is 6.07 Å². The molecule has 2 N–H and O–H groups in total. The first-order valence-electron chi connectivity index (χ1n) is 3.14. The van der Waals surface area contributed by atoms with Crippen LogP contribution >= 0.6 is 0 Å². The van der Waals surface area contributed by atoms with Crippen LogP contribution in [-0.2, 0) is 0 Å². The summed E-state index contributed by atoms with van der Waals surface area (Å²) in [4.78, 5) is 0. The van der Waals surface area contributed by atoms with Crippen LogP contribution in [0.1, 0.15) is 11.1 Å². The normalized spacial score (nSPS) is 9.90. The van der Waals surface area contributed by atoms with Crippen molar-refractivity contribution in [3.63, 3.8) is 0 Å². The van der Waals surface area contributed by atoms with Gasteiger partial charge >= 0.3 is 0 Å². The summed E-state index contributed by atoms with van der Waals surface area (Å²) in [7, 11) is 0. The van der Waals surface area contributed by atoms with Crippen molar-refractivity contribution in [2.24, 2.45) is 0 Å². The van der Waals surface area contributed by atoms with Crippen LogP contribution in [0, 0.1) is 19.7 Å². The third kappa shape index (κ3) is 0.967. The van der Waals surface area contributed by atoms with Gasteiger partial charge < -0.3 is 5.73 Å². The van der Waals surface area contributed by atoms with E-state index >= 15 is 0 Å². The Morgan fingerprint density at radius 2 is 1.90 bits per heavy atom. The van der Waals surface area contributed by atoms with E-state index in [4.69, 9.17) is 5.73 Å². The monoisotopic (exact) mass is 139 g/mol. The summed E-state index contributed by atoms with van der Waals surface area (Å²) in [6.07, 6.45) is 0. The Hall–Kier alpha value is -1.05. The average molecular weight is 139 g/mol. The summed E-state index contributed by atoms with van der Waals surface area (Å²) in [6, 6.07) is 3.39. The van der Waals surface area contributed by atoms with Gasteiger partial charge in [0.25, 0.3) is 0 Å². The molecule has 0 bridgehead atoms. The van der Waals surface area contributed by atoms with Gasteiger partial charge in [-0.05, 0) is 31.0 Å². The first kappa shape index (κ1) is 7.06. The summed E-state index contributed by atoms with van der Waals surface area (Å²) < 4.78 is 12.9. The van der Waals surface area contributed by atoms with Crippen LogP contribution in [0.15, 0.2) is 12.1 Å². The minimum Gasteiger partial charge on any atom is -0.396 e. The zero-order valence-electron chi connectivity index (χ0n) is 6.11. The zero-order chi connectivity index (χ0) is 7.72. The number of hydrogen-bond donors (Lipinski definition) is 1. The second kappa shape index (κ2) is 2.29. The highest BCUT2D eigenvalue weighted by molar-refractivity contribution is 5.45. The summed E-state index contributed by atoms with van der Waals surface area (Å²) in [5.41, 5.74) is 7.12. The molecule has 1 aromatic carbocycles. The van der Waals surface area contributed by atoms with Gasteiger partial charge in [0, 0.05) is 0 Å². The van der Waals surface area contributed by atoms with E-state index < -0.39 is 0 Å². The van der Waals surface area contributed by atoms with Gasteiger partial charge in [-0.15, -0.1) is 0 Å². The van der Waals surface area contributed by atoms with Crippen molar-refractivity contribution in [1.82, 2.24) is 0 Å². The third-order valence-corrected chi connectivity index (χ3v) is 1.69. The zero-order valence-corrected chi connectivity index (χ0v) is 6.11. The number of hydrogen-bond acceptors (Lipinski definition) is 1. The minimum atomic E-state index is -0.292. The molecule has 0 fully saturated rings. The molecule has 54 valence electrons. The van der Waals surface area contributed by atoms with E-state index in [0.717, 1.165) is 5.56 Å². The van der Waals surface area contributed by atoms with Gasteiger partial charge in [0.05, 0.1) is 5.69 Å². The quantitative estimate of drug-likeness (QED) is 0.547. The Morgan fingerprint density at radius 3 is 2.40 bits per heavy atom. The molecule has 2 heteroatoms. The van der Waals surface area contributed by atoms with Gasteiger partial charge in [-0.2, -0.15) is 0 Å². The van der Waals surface area contributed by atoms with Gasteiger partial charge in [0.15, 0.2) is 0 Å². The van der Waals surface area contributed by atoms with E-state index in [2.05, 4.69) is 0 Å². The number of benzene rings is 1. The molecular formula is C8H10FN. The summed E-state index contributed by atoms with van der Waals surface area (Å²) in [5, 5.41) is 0. The van der Waals surface area contributed by atoms with E-state index in [1.165, 1.54) is 0 Å². The average Bonchev–Trinajstić information content (AvgIpc) is 1.93. The van der Waals surface area contributed by atoms with Crippen molar-refractivity contribution in [3.05, 3.63) is 29.1 Å². The van der Waals surface area contributed by atoms with E-state index in [1.54, 1.807) is 13.0 Å². The highest BCUT2D eigenvalue weighted by Gasteiger charge is 2.02. The molecule has 1 aromatic rings. The minimum absolute atomic E-state index is 0.225. The molecule has 0 spiro atoms. The van der Waals surface area contributed by atoms with E-state index in [9.17, 15) is 4.39 Å². The van der Waals surface area contributed by atoms with Crippen molar-refractivity contribution < 1.29 is 4.39 Å². The number of halogens is 1. The summed E-state index contributed by atoms with van der Waals surface area (Å²) in [6.45, 7) is 3.58. The van der Waals surface area contributed by atoms with Crippen molar-refractivity contribution >= 4 is 5.69 Å². The summed E-state index contributed by atoms with van der Waals surface area (Å²) in [5.74, 6) is -0.292. The predicted molar refractivity (Wildman–Crippen MR) is 40.3 cm³/mol. The van der Waals surface area contributed by atoms with Crippen LogP contribution in [0.5, 0.6) is 0 Å². The predicted octanol–water partition coefficient (Wildman–Crippen LogP) is 2.02. The molecular weight excluding hydrogens is 129 g/mol. The number of nitrogen functional groups attached to an aromatic ring is 1. The maximum atomic E-state index is 12.9. The van der Waals surface area contributed by atoms with E-state index in [-0.39, 0.29) is 11.5 Å². The van der Waals surface area contributed by atoms with Crippen LogP contribution in [0.4, 0.5) is 10.1 Å². The van der Waals surface area contributed by atoms with E-state index in [0.29, 0.717) is 5.56 Å². The Labute approximate surface area is 59.7 Å². The molecule has 0 atom stereocenters. The second-order valence-electron chi connectivity index (χ2n) is 2.41. The highest BCUT2D eigenvalue weighted by atomic mass is 19.1. The molecule has 0 aliphatic heterocycles.